The lowest BCUT2D eigenvalue weighted by Gasteiger charge is -2.21. The zero-order chi connectivity index (χ0) is 17.8. The monoisotopic (exact) mass is 361 g/mol. The summed E-state index contributed by atoms with van der Waals surface area (Å²) < 4.78 is 13.0. The quantitative estimate of drug-likeness (QED) is 0.634. The summed E-state index contributed by atoms with van der Waals surface area (Å²) in [5.74, 6) is -0.357. The number of rotatable bonds is 5. The van der Waals surface area contributed by atoms with Crippen LogP contribution in [0.2, 0.25) is 0 Å². The van der Waals surface area contributed by atoms with Crippen molar-refractivity contribution in [3.05, 3.63) is 57.8 Å². The van der Waals surface area contributed by atoms with Crippen molar-refractivity contribution in [3.8, 4) is 0 Å². The summed E-state index contributed by atoms with van der Waals surface area (Å²) in [5.41, 5.74) is 0.659. The number of carbonyl (C=O) groups excluding carboxylic acids is 1. The highest BCUT2D eigenvalue weighted by molar-refractivity contribution is 7.98. The molecule has 0 unspecified atom stereocenters. The largest absolute Gasteiger partial charge is 0.349 e. The molecule has 2 aromatic rings. The topological polar surface area (TPSA) is 74.8 Å². The van der Waals surface area contributed by atoms with Gasteiger partial charge in [0.1, 0.15) is 11.4 Å². The highest BCUT2D eigenvalue weighted by atomic mass is 32.2. The van der Waals surface area contributed by atoms with E-state index in [0.717, 1.165) is 31.2 Å². The van der Waals surface area contributed by atoms with Crippen molar-refractivity contribution in [2.24, 2.45) is 5.92 Å². The van der Waals surface area contributed by atoms with Crippen LogP contribution in [0.3, 0.4) is 0 Å². The Kier molecular flexibility index (Phi) is 5.53. The Balaban J connectivity index is 1.67. The normalized spacial score (nSPS) is 19.8. The van der Waals surface area contributed by atoms with E-state index in [9.17, 15) is 14.0 Å². The molecule has 1 aromatic carbocycles. The molecule has 7 heteroatoms. The summed E-state index contributed by atoms with van der Waals surface area (Å²) in [4.78, 5) is 31.1. The number of nitrogens with zero attached hydrogens (tertiary/aromatic N) is 1. The summed E-state index contributed by atoms with van der Waals surface area (Å²) in [6.07, 6.45) is 6.82. The Morgan fingerprint density at radius 3 is 2.80 bits per heavy atom. The maximum absolute atomic E-state index is 13.0. The lowest BCUT2D eigenvalue weighted by Crippen LogP contribution is -2.40. The van der Waals surface area contributed by atoms with Crippen LogP contribution in [0.4, 0.5) is 4.39 Å². The first-order valence-electron chi connectivity index (χ1n) is 8.25. The summed E-state index contributed by atoms with van der Waals surface area (Å²) in [6.45, 7) is 0. The molecule has 1 amide bonds. The van der Waals surface area contributed by atoms with Crippen LogP contribution in [0.15, 0.2) is 40.4 Å². The lowest BCUT2D eigenvalue weighted by molar-refractivity contribution is 0.0925. The Hall–Kier alpha value is -2.15. The Bertz CT molecular complexity index is 807. The van der Waals surface area contributed by atoms with E-state index in [2.05, 4.69) is 15.3 Å². The van der Waals surface area contributed by atoms with E-state index in [1.807, 2.05) is 0 Å². The van der Waals surface area contributed by atoms with E-state index in [0.29, 0.717) is 5.16 Å². The zero-order valence-electron chi connectivity index (χ0n) is 13.9. The van der Waals surface area contributed by atoms with Gasteiger partial charge in [-0.2, -0.15) is 0 Å². The molecule has 132 valence electrons. The first-order valence-corrected chi connectivity index (χ1v) is 9.48. The molecule has 0 saturated heterocycles. The van der Waals surface area contributed by atoms with Gasteiger partial charge in [-0.3, -0.25) is 9.59 Å². The SMILES string of the molecule is CSc1ncc(C(=O)N[C@H]2CCC[C@H]2Cc2ccc(F)cc2)c(=O)[nH]1. The smallest absolute Gasteiger partial charge is 0.264 e. The van der Waals surface area contributed by atoms with E-state index in [4.69, 9.17) is 0 Å². The van der Waals surface area contributed by atoms with Crippen LogP contribution in [0.25, 0.3) is 0 Å². The van der Waals surface area contributed by atoms with Crippen molar-refractivity contribution >= 4 is 17.7 Å². The third-order valence-corrected chi connectivity index (χ3v) is 5.19. The minimum absolute atomic E-state index is 0.0113. The third kappa shape index (κ3) is 4.28. The number of thioether (sulfide) groups is 1. The molecule has 25 heavy (non-hydrogen) atoms. The molecular formula is C18H20FN3O2S. The minimum Gasteiger partial charge on any atom is -0.349 e. The van der Waals surface area contributed by atoms with Crippen molar-refractivity contribution in [2.75, 3.05) is 6.26 Å². The van der Waals surface area contributed by atoms with Gasteiger partial charge in [0.2, 0.25) is 0 Å². The average Bonchev–Trinajstić information content (AvgIpc) is 3.03. The highest BCUT2D eigenvalue weighted by Gasteiger charge is 2.29. The number of hydrogen-bond acceptors (Lipinski definition) is 4. The fraction of sp³-hybridized carbons (Fsp3) is 0.389. The van der Waals surface area contributed by atoms with Crippen LogP contribution in [-0.2, 0) is 6.42 Å². The van der Waals surface area contributed by atoms with Gasteiger partial charge in [-0.25, -0.2) is 9.37 Å². The molecule has 1 aromatic heterocycles. The van der Waals surface area contributed by atoms with Gasteiger partial charge in [0.15, 0.2) is 5.16 Å². The number of amides is 1. The van der Waals surface area contributed by atoms with Crippen molar-refractivity contribution < 1.29 is 9.18 Å². The molecule has 1 aliphatic rings. The number of H-pyrrole nitrogens is 1. The lowest BCUT2D eigenvalue weighted by atomic mass is 9.94. The second-order valence-corrected chi connectivity index (χ2v) is 7.03. The summed E-state index contributed by atoms with van der Waals surface area (Å²) in [7, 11) is 0. The minimum atomic E-state index is -0.426. The molecule has 2 atom stereocenters. The van der Waals surface area contributed by atoms with Crippen LogP contribution < -0.4 is 10.9 Å². The van der Waals surface area contributed by atoms with Crippen molar-refractivity contribution in [1.82, 2.24) is 15.3 Å². The second-order valence-electron chi connectivity index (χ2n) is 6.24. The predicted octanol–water partition coefficient (Wildman–Crippen LogP) is 2.77. The second kappa shape index (κ2) is 7.82. The van der Waals surface area contributed by atoms with E-state index < -0.39 is 11.5 Å². The van der Waals surface area contributed by atoms with E-state index >= 15 is 0 Å². The molecule has 1 heterocycles. The molecule has 0 bridgehead atoms. The number of benzene rings is 1. The summed E-state index contributed by atoms with van der Waals surface area (Å²) in [5, 5.41) is 3.46. The van der Waals surface area contributed by atoms with Crippen LogP contribution in [-0.4, -0.2) is 28.2 Å². The standard InChI is InChI=1S/C18H20FN3O2S/c1-25-18-20-10-14(17(24)22-18)16(23)21-15-4-2-3-12(15)9-11-5-7-13(19)8-6-11/h5-8,10,12,15H,2-4,9H2,1H3,(H,21,23)(H,20,22,24)/t12-,15-/m0/s1. The Labute approximate surface area is 149 Å². The Morgan fingerprint density at radius 2 is 2.12 bits per heavy atom. The van der Waals surface area contributed by atoms with Crippen molar-refractivity contribution in [2.45, 2.75) is 36.9 Å². The number of halogens is 1. The maximum atomic E-state index is 13.0. The van der Waals surface area contributed by atoms with E-state index in [1.165, 1.54) is 30.1 Å². The van der Waals surface area contributed by atoms with Gasteiger partial charge >= 0.3 is 0 Å². The maximum Gasteiger partial charge on any atom is 0.264 e. The fourth-order valence-corrected chi connectivity index (χ4v) is 3.64. The molecule has 1 aliphatic carbocycles. The van der Waals surface area contributed by atoms with Crippen molar-refractivity contribution in [1.29, 1.82) is 0 Å². The molecule has 0 radical (unpaired) electrons. The van der Waals surface area contributed by atoms with Gasteiger partial charge in [0.25, 0.3) is 11.5 Å². The van der Waals surface area contributed by atoms with Crippen LogP contribution in [0.1, 0.15) is 35.2 Å². The average molecular weight is 361 g/mol. The number of hydrogen-bond donors (Lipinski definition) is 2. The van der Waals surface area contributed by atoms with Gasteiger partial charge in [-0.05, 0) is 49.1 Å². The van der Waals surface area contributed by atoms with Gasteiger partial charge in [-0.15, -0.1) is 0 Å². The Morgan fingerprint density at radius 1 is 1.36 bits per heavy atom. The molecule has 0 aliphatic heterocycles. The zero-order valence-corrected chi connectivity index (χ0v) is 14.7. The van der Waals surface area contributed by atoms with Gasteiger partial charge in [-0.1, -0.05) is 30.3 Å². The molecule has 5 nitrogen and oxygen atoms in total. The molecule has 1 fully saturated rings. The highest BCUT2D eigenvalue weighted by Crippen LogP contribution is 2.29. The molecule has 3 rings (SSSR count). The first kappa shape index (κ1) is 17.7. The summed E-state index contributed by atoms with van der Waals surface area (Å²) >= 11 is 1.31. The van der Waals surface area contributed by atoms with E-state index in [-0.39, 0.29) is 23.3 Å². The van der Waals surface area contributed by atoms with Gasteiger partial charge < -0.3 is 10.3 Å². The molecule has 1 saturated carbocycles. The van der Waals surface area contributed by atoms with Gasteiger partial charge in [0.05, 0.1) is 0 Å². The third-order valence-electron chi connectivity index (χ3n) is 4.60. The van der Waals surface area contributed by atoms with Crippen LogP contribution in [0.5, 0.6) is 0 Å². The van der Waals surface area contributed by atoms with Crippen molar-refractivity contribution in [3.63, 3.8) is 0 Å². The van der Waals surface area contributed by atoms with Crippen LogP contribution >= 0.6 is 11.8 Å². The van der Waals surface area contributed by atoms with E-state index in [1.54, 1.807) is 18.4 Å². The van der Waals surface area contributed by atoms with Crippen LogP contribution in [0, 0.1) is 11.7 Å². The summed E-state index contributed by atoms with van der Waals surface area (Å²) in [6, 6.07) is 6.48. The number of carbonyl (C=O) groups is 1. The van der Waals surface area contributed by atoms with Gasteiger partial charge in [0, 0.05) is 12.2 Å². The molecule has 0 spiro atoms. The number of aromatic nitrogens is 2. The molecule has 2 N–H and O–H groups in total. The fourth-order valence-electron chi connectivity index (χ4n) is 3.28. The molecular weight excluding hydrogens is 341 g/mol. The number of aromatic amines is 1. The first-order chi connectivity index (χ1) is 12.1. The predicted molar refractivity (Wildman–Crippen MR) is 95.3 cm³/mol. The number of nitrogens with one attached hydrogen (secondary N) is 2.